The lowest BCUT2D eigenvalue weighted by Gasteiger charge is -2.23. The zero-order valence-corrected chi connectivity index (χ0v) is 13.6. The van der Waals surface area contributed by atoms with Crippen LogP contribution in [0.3, 0.4) is 0 Å². The van der Waals surface area contributed by atoms with Crippen molar-refractivity contribution in [2.24, 2.45) is 0 Å². The Labute approximate surface area is 128 Å². The molecule has 1 N–H and O–H groups in total. The van der Waals surface area contributed by atoms with E-state index in [0.29, 0.717) is 0 Å². The van der Waals surface area contributed by atoms with Gasteiger partial charge >= 0.3 is 0 Å². The molecule has 0 heterocycles. The summed E-state index contributed by atoms with van der Waals surface area (Å²) in [5.41, 5.74) is 5.05. The lowest BCUT2D eigenvalue weighted by molar-refractivity contribution is 0.238. The molecule has 2 aromatic rings. The summed E-state index contributed by atoms with van der Waals surface area (Å²) in [5, 5.41) is 3.44. The van der Waals surface area contributed by atoms with Gasteiger partial charge in [0.15, 0.2) is 0 Å². The lowest BCUT2D eigenvalue weighted by atomic mass is 9.93. The minimum atomic E-state index is 0.139. The van der Waals surface area contributed by atoms with Crippen LogP contribution in [0.1, 0.15) is 42.1 Å². The highest BCUT2D eigenvalue weighted by Gasteiger charge is 2.18. The predicted molar refractivity (Wildman–Crippen MR) is 89.0 cm³/mol. The van der Waals surface area contributed by atoms with Gasteiger partial charge in [0.2, 0.25) is 0 Å². The Bertz CT molecular complexity index is 604. The fourth-order valence-corrected chi connectivity index (χ4v) is 2.63. The first-order valence-electron chi connectivity index (χ1n) is 7.53. The third-order valence-corrected chi connectivity index (χ3v) is 3.63. The molecule has 0 fully saturated rings. The van der Waals surface area contributed by atoms with Gasteiger partial charge in [-0.05, 0) is 51.9 Å². The summed E-state index contributed by atoms with van der Waals surface area (Å²) in [4.78, 5) is 0. The van der Waals surface area contributed by atoms with E-state index in [9.17, 15) is 0 Å². The first kappa shape index (κ1) is 15.6. The van der Waals surface area contributed by atoms with E-state index in [1.54, 1.807) is 0 Å². The zero-order valence-electron chi connectivity index (χ0n) is 13.6. The van der Waals surface area contributed by atoms with Gasteiger partial charge in [-0.2, -0.15) is 0 Å². The van der Waals surface area contributed by atoms with Gasteiger partial charge in [0.25, 0.3) is 0 Å². The molecule has 2 heteroatoms. The molecule has 0 amide bonds. The van der Waals surface area contributed by atoms with E-state index in [-0.39, 0.29) is 12.1 Å². The van der Waals surface area contributed by atoms with Crippen LogP contribution in [-0.4, -0.2) is 13.2 Å². The van der Waals surface area contributed by atoms with Crippen LogP contribution in [0, 0.1) is 13.8 Å². The van der Waals surface area contributed by atoms with Crippen molar-refractivity contribution in [3.05, 3.63) is 64.7 Å². The number of nitrogens with one attached hydrogen (secondary N) is 1. The Kier molecular flexibility index (Phi) is 5.03. The van der Waals surface area contributed by atoms with Gasteiger partial charge < -0.3 is 10.1 Å². The van der Waals surface area contributed by atoms with Crippen LogP contribution >= 0.6 is 0 Å². The third-order valence-electron chi connectivity index (χ3n) is 3.63. The number of para-hydroxylation sites is 1. The second-order valence-electron chi connectivity index (χ2n) is 5.79. The first-order chi connectivity index (χ1) is 10.0. The van der Waals surface area contributed by atoms with Crippen LogP contribution in [0.5, 0.6) is 5.75 Å². The number of ether oxygens (including phenoxy) is 1. The van der Waals surface area contributed by atoms with Crippen LogP contribution in [0.2, 0.25) is 0 Å². The van der Waals surface area contributed by atoms with Gasteiger partial charge in [-0.25, -0.2) is 0 Å². The normalized spacial score (nSPS) is 12.5. The molecule has 21 heavy (non-hydrogen) atoms. The monoisotopic (exact) mass is 283 g/mol. The van der Waals surface area contributed by atoms with Gasteiger partial charge in [-0.15, -0.1) is 0 Å². The summed E-state index contributed by atoms with van der Waals surface area (Å²) in [7, 11) is 2.00. The Morgan fingerprint density at radius 1 is 0.952 bits per heavy atom. The maximum Gasteiger partial charge on any atom is 0.124 e. The highest BCUT2D eigenvalue weighted by molar-refractivity contribution is 5.45. The SMILES string of the molecule is CNC(c1cc(C)ccc1C)c1ccccc1OC(C)C. The highest BCUT2D eigenvalue weighted by atomic mass is 16.5. The molecule has 0 aromatic heterocycles. The van der Waals surface area contributed by atoms with E-state index in [1.807, 2.05) is 19.2 Å². The van der Waals surface area contributed by atoms with Crippen molar-refractivity contribution in [2.75, 3.05) is 7.05 Å². The predicted octanol–water partition coefficient (Wildman–Crippen LogP) is 4.40. The van der Waals surface area contributed by atoms with Crippen molar-refractivity contribution in [3.8, 4) is 5.75 Å². The summed E-state index contributed by atoms with van der Waals surface area (Å²) in [6.45, 7) is 8.41. The first-order valence-corrected chi connectivity index (χ1v) is 7.53. The number of rotatable bonds is 5. The molecule has 0 radical (unpaired) electrons. The molecule has 2 aromatic carbocycles. The minimum absolute atomic E-state index is 0.139. The van der Waals surface area contributed by atoms with Gasteiger partial charge in [-0.3, -0.25) is 0 Å². The average molecular weight is 283 g/mol. The van der Waals surface area contributed by atoms with E-state index < -0.39 is 0 Å². The largest absolute Gasteiger partial charge is 0.491 e. The quantitative estimate of drug-likeness (QED) is 0.878. The van der Waals surface area contributed by atoms with Gasteiger partial charge in [0.1, 0.15) is 5.75 Å². The van der Waals surface area contributed by atoms with E-state index in [1.165, 1.54) is 22.3 Å². The molecule has 0 spiro atoms. The molecule has 1 atom stereocenters. The Morgan fingerprint density at radius 2 is 1.67 bits per heavy atom. The van der Waals surface area contributed by atoms with E-state index in [0.717, 1.165) is 5.75 Å². The smallest absolute Gasteiger partial charge is 0.124 e. The maximum atomic E-state index is 5.98. The van der Waals surface area contributed by atoms with Gasteiger partial charge in [0.05, 0.1) is 12.1 Å². The molecule has 0 saturated heterocycles. The van der Waals surface area contributed by atoms with Crippen molar-refractivity contribution in [1.82, 2.24) is 5.32 Å². The van der Waals surface area contributed by atoms with Crippen molar-refractivity contribution >= 4 is 0 Å². The molecule has 2 nitrogen and oxygen atoms in total. The number of benzene rings is 2. The molecule has 112 valence electrons. The Balaban J connectivity index is 2.49. The Hall–Kier alpha value is -1.80. The molecule has 0 aliphatic carbocycles. The zero-order chi connectivity index (χ0) is 15.4. The molecule has 1 unspecified atom stereocenters. The number of aryl methyl sites for hydroxylation is 2. The fraction of sp³-hybridized carbons (Fsp3) is 0.368. The molecule has 0 bridgehead atoms. The standard InChI is InChI=1S/C19H25NO/c1-13(2)21-18-9-7-6-8-16(18)19(20-5)17-12-14(3)10-11-15(17)4/h6-13,19-20H,1-5H3. The summed E-state index contributed by atoms with van der Waals surface area (Å²) in [6, 6.07) is 15.0. The van der Waals surface area contributed by atoms with E-state index >= 15 is 0 Å². The van der Waals surface area contributed by atoms with Crippen molar-refractivity contribution in [2.45, 2.75) is 39.8 Å². The molecule has 2 rings (SSSR count). The van der Waals surface area contributed by atoms with Crippen molar-refractivity contribution in [3.63, 3.8) is 0 Å². The topological polar surface area (TPSA) is 21.3 Å². The Morgan fingerprint density at radius 3 is 2.33 bits per heavy atom. The molecule has 0 aliphatic rings. The molecule has 0 saturated carbocycles. The van der Waals surface area contributed by atoms with Crippen LogP contribution in [-0.2, 0) is 0 Å². The summed E-state index contributed by atoms with van der Waals surface area (Å²) in [5.74, 6) is 0.952. The summed E-state index contributed by atoms with van der Waals surface area (Å²) < 4.78 is 5.98. The number of hydrogen-bond donors (Lipinski definition) is 1. The maximum absolute atomic E-state index is 5.98. The second-order valence-corrected chi connectivity index (χ2v) is 5.79. The molecular formula is C19H25NO. The highest BCUT2D eigenvalue weighted by Crippen LogP contribution is 2.32. The van der Waals surface area contributed by atoms with Crippen LogP contribution < -0.4 is 10.1 Å². The average Bonchev–Trinajstić information content (AvgIpc) is 2.44. The fourth-order valence-electron chi connectivity index (χ4n) is 2.63. The van der Waals surface area contributed by atoms with Crippen molar-refractivity contribution < 1.29 is 4.74 Å². The number of hydrogen-bond acceptors (Lipinski definition) is 2. The van der Waals surface area contributed by atoms with Gasteiger partial charge in [0, 0.05) is 5.56 Å². The summed E-state index contributed by atoms with van der Waals surface area (Å²) >= 11 is 0. The minimum Gasteiger partial charge on any atom is -0.491 e. The second kappa shape index (κ2) is 6.77. The van der Waals surface area contributed by atoms with E-state index in [4.69, 9.17) is 4.74 Å². The van der Waals surface area contributed by atoms with Crippen LogP contribution in [0.25, 0.3) is 0 Å². The lowest BCUT2D eigenvalue weighted by Crippen LogP contribution is -2.20. The van der Waals surface area contributed by atoms with Gasteiger partial charge in [-0.1, -0.05) is 42.0 Å². The van der Waals surface area contributed by atoms with Crippen molar-refractivity contribution in [1.29, 1.82) is 0 Å². The van der Waals surface area contributed by atoms with Crippen LogP contribution in [0.15, 0.2) is 42.5 Å². The summed E-state index contributed by atoms with van der Waals surface area (Å²) in [6.07, 6.45) is 0.169. The molecular weight excluding hydrogens is 258 g/mol. The third kappa shape index (κ3) is 3.64. The van der Waals surface area contributed by atoms with Crippen LogP contribution in [0.4, 0.5) is 0 Å². The van der Waals surface area contributed by atoms with E-state index in [2.05, 4.69) is 63.3 Å². The molecule has 0 aliphatic heterocycles.